The summed E-state index contributed by atoms with van der Waals surface area (Å²) in [5.41, 5.74) is 2.02. The Morgan fingerprint density at radius 2 is 1.83 bits per heavy atom. The quantitative estimate of drug-likeness (QED) is 0.927. The second kappa shape index (κ2) is 8.02. The van der Waals surface area contributed by atoms with Crippen LogP contribution in [-0.4, -0.2) is 48.6 Å². The number of carbonyl (C=O) groups excluding carboxylic acids is 1. The van der Waals surface area contributed by atoms with Gasteiger partial charge < -0.3 is 15.1 Å². The average molecular weight is 345 g/mol. The molecule has 0 radical (unpaired) electrons. The number of aromatic nitrogens is 1. The van der Waals surface area contributed by atoms with Crippen LogP contribution in [0.25, 0.3) is 0 Å². The predicted molar refractivity (Wildman–Crippen MR) is 96.6 cm³/mol. The van der Waals surface area contributed by atoms with E-state index in [1.807, 2.05) is 47.4 Å². The van der Waals surface area contributed by atoms with Crippen LogP contribution in [0.15, 0.2) is 48.7 Å². The standard InChI is InChI=1S/C18H21ClN4O/c19-16-6-1-2-7-17(16)22-11-13-23(14-12-22)18(24)21-10-8-15-5-3-4-9-20-15/h1-7,9H,8,10-14H2,(H,21,24). The van der Waals surface area contributed by atoms with Crippen LogP contribution in [0.1, 0.15) is 5.69 Å². The summed E-state index contributed by atoms with van der Waals surface area (Å²) in [6, 6.07) is 13.6. The highest BCUT2D eigenvalue weighted by atomic mass is 35.5. The molecule has 0 spiro atoms. The number of rotatable bonds is 4. The minimum atomic E-state index is -0.00950. The van der Waals surface area contributed by atoms with Gasteiger partial charge in [0.1, 0.15) is 0 Å². The smallest absolute Gasteiger partial charge is 0.317 e. The molecule has 0 unspecified atom stereocenters. The number of piperazine rings is 1. The number of halogens is 1. The van der Waals surface area contributed by atoms with E-state index >= 15 is 0 Å². The molecule has 1 fully saturated rings. The van der Waals surface area contributed by atoms with Crippen LogP contribution < -0.4 is 10.2 Å². The lowest BCUT2D eigenvalue weighted by molar-refractivity contribution is 0.194. The third-order valence-electron chi connectivity index (χ3n) is 4.14. The zero-order chi connectivity index (χ0) is 16.8. The van der Waals surface area contributed by atoms with Gasteiger partial charge in [-0.1, -0.05) is 29.8 Å². The Kier molecular flexibility index (Phi) is 5.54. The normalized spacial score (nSPS) is 14.5. The number of hydrogen-bond donors (Lipinski definition) is 1. The Labute approximate surface area is 147 Å². The molecule has 0 bridgehead atoms. The lowest BCUT2D eigenvalue weighted by atomic mass is 10.2. The van der Waals surface area contributed by atoms with Crippen LogP contribution in [0.3, 0.4) is 0 Å². The second-order valence-corrected chi connectivity index (χ2v) is 6.14. The Morgan fingerprint density at radius 1 is 1.08 bits per heavy atom. The maximum atomic E-state index is 12.2. The first-order valence-corrected chi connectivity index (χ1v) is 8.54. The number of pyridine rings is 1. The van der Waals surface area contributed by atoms with E-state index in [9.17, 15) is 4.79 Å². The molecule has 3 rings (SSSR count). The van der Waals surface area contributed by atoms with E-state index in [1.165, 1.54) is 0 Å². The fourth-order valence-corrected chi connectivity index (χ4v) is 3.07. The van der Waals surface area contributed by atoms with Crippen molar-refractivity contribution in [1.29, 1.82) is 0 Å². The van der Waals surface area contributed by atoms with E-state index in [2.05, 4.69) is 15.2 Å². The summed E-state index contributed by atoms with van der Waals surface area (Å²) in [5, 5.41) is 3.72. The Morgan fingerprint density at radius 3 is 2.54 bits per heavy atom. The van der Waals surface area contributed by atoms with Gasteiger partial charge in [-0.25, -0.2) is 4.79 Å². The Hall–Kier alpha value is -2.27. The number of nitrogens with one attached hydrogen (secondary N) is 1. The third-order valence-corrected chi connectivity index (χ3v) is 4.46. The molecule has 1 N–H and O–H groups in total. The third kappa shape index (κ3) is 4.17. The summed E-state index contributed by atoms with van der Waals surface area (Å²) >= 11 is 6.24. The van der Waals surface area contributed by atoms with Gasteiger partial charge in [0.05, 0.1) is 10.7 Å². The van der Waals surface area contributed by atoms with E-state index in [0.717, 1.165) is 35.9 Å². The number of urea groups is 1. The fourth-order valence-electron chi connectivity index (χ4n) is 2.81. The van der Waals surface area contributed by atoms with Crippen molar-refractivity contribution in [2.45, 2.75) is 6.42 Å². The van der Waals surface area contributed by atoms with E-state index in [0.29, 0.717) is 19.6 Å². The molecule has 6 heteroatoms. The minimum Gasteiger partial charge on any atom is -0.367 e. The number of hydrogen-bond acceptors (Lipinski definition) is 3. The first-order valence-electron chi connectivity index (χ1n) is 8.16. The molecule has 126 valence electrons. The first-order chi connectivity index (χ1) is 11.7. The van der Waals surface area contributed by atoms with E-state index in [1.54, 1.807) is 6.20 Å². The predicted octanol–water partition coefficient (Wildman–Crippen LogP) is 2.81. The Balaban J connectivity index is 1.44. The number of amides is 2. The number of carbonyl (C=O) groups is 1. The molecule has 1 aliphatic heterocycles. The van der Waals surface area contributed by atoms with E-state index in [4.69, 9.17) is 11.6 Å². The van der Waals surface area contributed by atoms with Crippen LogP contribution in [0, 0.1) is 0 Å². The summed E-state index contributed by atoms with van der Waals surface area (Å²) in [7, 11) is 0. The summed E-state index contributed by atoms with van der Waals surface area (Å²) in [6.07, 6.45) is 2.51. The van der Waals surface area contributed by atoms with Gasteiger partial charge in [0, 0.05) is 51.0 Å². The van der Waals surface area contributed by atoms with Gasteiger partial charge in [0.25, 0.3) is 0 Å². The van der Waals surface area contributed by atoms with Crippen molar-refractivity contribution >= 4 is 23.3 Å². The molecule has 1 aliphatic rings. The minimum absolute atomic E-state index is 0.00950. The largest absolute Gasteiger partial charge is 0.367 e. The van der Waals surface area contributed by atoms with Crippen LogP contribution in [0.5, 0.6) is 0 Å². The molecule has 0 aliphatic carbocycles. The summed E-state index contributed by atoms with van der Waals surface area (Å²) in [5.74, 6) is 0. The van der Waals surface area contributed by atoms with Crippen LogP contribution in [0.4, 0.5) is 10.5 Å². The summed E-state index contributed by atoms with van der Waals surface area (Å²) in [6.45, 7) is 3.57. The molecular formula is C18H21ClN4O. The van der Waals surface area contributed by atoms with Crippen molar-refractivity contribution < 1.29 is 4.79 Å². The van der Waals surface area contributed by atoms with Crippen molar-refractivity contribution in [3.8, 4) is 0 Å². The lowest BCUT2D eigenvalue weighted by Crippen LogP contribution is -2.52. The molecule has 1 aromatic carbocycles. The molecule has 2 amide bonds. The van der Waals surface area contributed by atoms with E-state index < -0.39 is 0 Å². The molecule has 2 heterocycles. The Bertz CT molecular complexity index is 672. The highest BCUT2D eigenvalue weighted by molar-refractivity contribution is 6.33. The molecule has 0 saturated carbocycles. The average Bonchev–Trinajstić information content (AvgIpc) is 2.63. The molecular weight excluding hydrogens is 324 g/mol. The molecule has 5 nitrogen and oxygen atoms in total. The number of anilines is 1. The molecule has 2 aromatic rings. The van der Waals surface area contributed by atoms with Gasteiger partial charge in [-0.3, -0.25) is 4.98 Å². The summed E-state index contributed by atoms with van der Waals surface area (Å²) < 4.78 is 0. The van der Waals surface area contributed by atoms with Gasteiger partial charge in [0.2, 0.25) is 0 Å². The zero-order valence-electron chi connectivity index (χ0n) is 13.5. The first kappa shape index (κ1) is 16.6. The lowest BCUT2D eigenvalue weighted by Gasteiger charge is -2.36. The second-order valence-electron chi connectivity index (χ2n) is 5.73. The molecule has 1 saturated heterocycles. The number of para-hydroxylation sites is 1. The van der Waals surface area contributed by atoms with Crippen molar-refractivity contribution in [3.05, 3.63) is 59.4 Å². The SMILES string of the molecule is O=C(NCCc1ccccn1)N1CCN(c2ccccc2Cl)CC1. The summed E-state index contributed by atoms with van der Waals surface area (Å²) in [4.78, 5) is 20.6. The van der Waals surface area contributed by atoms with Crippen molar-refractivity contribution in [2.75, 3.05) is 37.6 Å². The highest BCUT2D eigenvalue weighted by Gasteiger charge is 2.21. The van der Waals surface area contributed by atoms with Crippen LogP contribution in [-0.2, 0) is 6.42 Å². The maximum absolute atomic E-state index is 12.2. The molecule has 24 heavy (non-hydrogen) atoms. The van der Waals surface area contributed by atoms with E-state index in [-0.39, 0.29) is 6.03 Å². The molecule has 1 aromatic heterocycles. The number of benzene rings is 1. The molecule has 0 atom stereocenters. The monoisotopic (exact) mass is 344 g/mol. The van der Waals surface area contributed by atoms with Crippen molar-refractivity contribution in [1.82, 2.24) is 15.2 Å². The zero-order valence-corrected chi connectivity index (χ0v) is 14.2. The highest BCUT2D eigenvalue weighted by Crippen LogP contribution is 2.25. The fraction of sp³-hybridized carbons (Fsp3) is 0.333. The van der Waals surface area contributed by atoms with Gasteiger partial charge in [-0.15, -0.1) is 0 Å². The van der Waals surface area contributed by atoms with Crippen LogP contribution >= 0.6 is 11.6 Å². The number of nitrogens with zero attached hydrogens (tertiary/aromatic N) is 3. The van der Waals surface area contributed by atoms with Gasteiger partial charge in [-0.05, 0) is 24.3 Å². The van der Waals surface area contributed by atoms with Crippen LogP contribution in [0.2, 0.25) is 5.02 Å². The maximum Gasteiger partial charge on any atom is 0.317 e. The van der Waals surface area contributed by atoms with Gasteiger partial charge >= 0.3 is 6.03 Å². The van der Waals surface area contributed by atoms with Gasteiger partial charge in [-0.2, -0.15) is 0 Å². The van der Waals surface area contributed by atoms with Gasteiger partial charge in [0.15, 0.2) is 0 Å². The van der Waals surface area contributed by atoms with Crippen molar-refractivity contribution in [2.24, 2.45) is 0 Å². The van der Waals surface area contributed by atoms with Crippen molar-refractivity contribution in [3.63, 3.8) is 0 Å². The topological polar surface area (TPSA) is 48.5 Å².